The van der Waals surface area contributed by atoms with E-state index in [1.165, 1.54) is 0 Å². The zero-order valence-corrected chi connectivity index (χ0v) is 12.0. The summed E-state index contributed by atoms with van der Waals surface area (Å²) in [6, 6.07) is 6.78. The highest BCUT2D eigenvalue weighted by molar-refractivity contribution is 14.1. The SMILES string of the molecule is CCN(CC(=O)c1ccc(I)cc1)CC(F)(F)F. The summed E-state index contributed by atoms with van der Waals surface area (Å²) >= 11 is 2.10. The summed E-state index contributed by atoms with van der Waals surface area (Å²) in [6.45, 7) is 0.527. The molecule has 0 heterocycles. The van der Waals surface area contributed by atoms with Gasteiger partial charge in [-0.2, -0.15) is 13.2 Å². The lowest BCUT2D eigenvalue weighted by atomic mass is 10.1. The average molecular weight is 371 g/mol. The summed E-state index contributed by atoms with van der Waals surface area (Å²) in [5.41, 5.74) is 0.441. The van der Waals surface area contributed by atoms with Crippen molar-refractivity contribution in [1.82, 2.24) is 4.90 Å². The third-order valence-corrected chi connectivity index (χ3v) is 3.10. The Morgan fingerprint density at radius 2 is 1.83 bits per heavy atom. The molecule has 1 aromatic carbocycles. The molecule has 0 aliphatic heterocycles. The number of carbonyl (C=O) groups excluding carboxylic acids is 1. The molecular weight excluding hydrogens is 358 g/mol. The number of hydrogen-bond donors (Lipinski definition) is 0. The van der Waals surface area contributed by atoms with Gasteiger partial charge in [0.1, 0.15) is 0 Å². The van der Waals surface area contributed by atoms with Crippen LogP contribution in [0, 0.1) is 3.57 Å². The van der Waals surface area contributed by atoms with E-state index in [9.17, 15) is 18.0 Å². The summed E-state index contributed by atoms with van der Waals surface area (Å²) in [4.78, 5) is 12.9. The van der Waals surface area contributed by atoms with Gasteiger partial charge in [0.15, 0.2) is 5.78 Å². The number of alkyl halides is 3. The number of rotatable bonds is 5. The second-order valence-corrected chi connectivity index (χ2v) is 5.09. The molecule has 0 atom stereocenters. The summed E-state index contributed by atoms with van der Waals surface area (Å²) in [5.74, 6) is -0.294. The maximum absolute atomic E-state index is 12.2. The Balaban J connectivity index is 2.65. The minimum absolute atomic E-state index is 0.190. The molecule has 6 heteroatoms. The molecule has 0 aliphatic rings. The first kappa shape index (κ1) is 15.4. The van der Waals surface area contributed by atoms with Crippen LogP contribution in [0.5, 0.6) is 0 Å². The highest BCUT2D eigenvalue weighted by atomic mass is 127. The summed E-state index contributed by atoms with van der Waals surface area (Å²) < 4.78 is 37.7. The highest BCUT2D eigenvalue weighted by Crippen LogP contribution is 2.16. The molecule has 18 heavy (non-hydrogen) atoms. The van der Waals surface area contributed by atoms with Crippen LogP contribution in [-0.2, 0) is 0 Å². The minimum Gasteiger partial charge on any atom is -0.293 e. The van der Waals surface area contributed by atoms with Gasteiger partial charge in [-0.15, -0.1) is 0 Å². The van der Waals surface area contributed by atoms with Crippen molar-refractivity contribution in [3.05, 3.63) is 33.4 Å². The Bertz CT molecular complexity index is 403. The molecule has 0 bridgehead atoms. The van der Waals surface area contributed by atoms with Crippen LogP contribution in [0.2, 0.25) is 0 Å². The number of halogens is 4. The van der Waals surface area contributed by atoms with Crippen molar-refractivity contribution in [2.24, 2.45) is 0 Å². The molecule has 0 amide bonds. The number of nitrogens with zero attached hydrogens (tertiary/aromatic N) is 1. The second-order valence-electron chi connectivity index (χ2n) is 3.85. The molecule has 100 valence electrons. The molecule has 0 N–H and O–H groups in total. The molecule has 0 aliphatic carbocycles. The summed E-state index contributed by atoms with van der Waals surface area (Å²) in [5, 5.41) is 0. The fourth-order valence-corrected chi connectivity index (χ4v) is 1.82. The van der Waals surface area contributed by atoms with E-state index in [-0.39, 0.29) is 18.9 Å². The van der Waals surface area contributed by atoms with Crippen LogP contribution in [0.4, 0.5) is 13.2 Å². The van der Waals surface area contributed by atoms with Crippen LogP contribution >= 0.6 is 22.6 Å². The largest absolute Gasteiger partial charge is 0.401 e. The Labute approximate surface area is 117 Å². The van der Waals surface area contributed by atoms with Crippen LogP contribution in [0.3, 0.4) is 0 Å². The van der Waals surface area contributed by atoms with Gasteiger partial charge in [0.05, 0.1) is 13.1 Å². The standard InChI is InChI=1S/C12H13F3INO/c1-2-17(8-12(13,14)15)7-11(18)9-3-5-10(16)6-4-9/h3-6H,2,7-8H2,1H3. The van der Waals surface area contributed by atoms with Gasteiger partial charge in [0.25, 0.3) is 0 Å². The lowest BCUT2D eigenvalue weighted by molar-refractivity contribution is -0.144. The fourth-order valence-electron chi connectivity index (χ4n) is 1.46. The van der Waals surface area contributed by atoms with E-state index in [1.807, 2.05) is 0 Å². The zero-order chi connectivity index (χ0) is 13.8. The molecule has 0 saturated carbocycles. The number of carbonyl (C=O) groups is 1. The van der Waals surface area contributed by atoms with E-state index in [1.54, 1.807) is 31.2 Å². The van der Waals surface area contributed by atoms with E-state index in [0.29, 0.717) is 5.56 Å². The average Bonchev–Trinajstić information content (AvgIpc) is 2.27. The van der Waals surface area contributed by atoms with Gasteiger partial charge in [0.2, 0.25) is 0 Å². The molecule has 0 spiro atoms. The maximum Gasteiger partial charge on any atom is 0.401 e. The normalized spacial score (nSPS) is 11.9. The molecule has 0 unspecified atom stereocenters. The molecule has 0 aromatic heterocycles. The summed E-state index contributed by atoms with van der Waals surface area (Å²) in [6.07, 6.45) is -4.28. The molecule has 0 fully saturated rings. The quantitative estimate of drug-likeness (QED) is 0.585. The van der Waals surface area contributed by atoms with Gasteiger partial charge in [-0.25, -0.2) is 0 Å². The van der Waals surface area contributed by atoms with Crippen molar-refractivity contribution in [2.45, 2.75) is 13.1 Å². The van der Waals surface area contributed by atoms with Crippen LogP contribution in [-0.4, -0.2) is 36.5 Å². The monoisotopic (exact) mass is 371 g/mol. The molecule has 1 rings (SSSR count). The van der Waals surface area contributed by atoms with Crippen LogP contribution in [0.1, 0.15) is 17.3 Å². The predicted molar refractivity (Wildman–Crippen MR) is 71.7 cm³/mol. The second kappa shape index (κ2) is 6.51. The van der Waals surface area contributed by atoms with Crippen molar-refractivity contribution < 1.29 is 18.0 Å². The van der Waals surface area contributed by atoms with Crippen molar-refractivity contribution in [3.63, 3.8) is 0 Å². The Morgan fingerprint density at radius 1 is 1.28 bits per heavy atom. The Hall–Kier alpha value is -0.630. The minimum atomic E-state index is -4.28. The molecular formula is C12H13F3INO. The predicted octanol–water partition coefficient (Wildman–Crippen LogP) is 3.36. The summed E-state index contributed by atoms with van der Waals surface area (Å²) in [7, 11) is 0. The van der Waals surface area contributed by atoms with E-state index in [2.05, 4.69) is 22.6 Å². The van der Waals surface area contributed by atoms with Gasteiger partial charge in [-0.05, 0) is 41.3 Å². The highest BCUT2D eigenvalue weighted by Gasteiger charge is 2.30. The third-order valence-electron chi connectivity index (χ3n) is 2.38. The van der Waals surface area contributed by atoms with E-state index in [4.69, 9.17) is 0 Å². The molecule has 0 saturated heterocycles. The van der Waals surface area contributed by atoms with Crippen LogP contribution in [0.15, 0.2) is 24.3 Å². The van der Waals surface area contributed by atoms with Gasteiger partial charge in [-0.1, -0.05) is 19.1 Å². The molecule has 2 nitrogen and oxygen atoms in total. The topological polar surface area (TPSA) is 20.3 Å². The van der Waals surface area contributed by atoms with E-state index < -0.39 is 12.7 Å². The van der Waals surface area contributed by atoms with Crippen LogP contribution < -0.4 is 0 Å². The van der Waals surface area contributed by atoms with Crippen molar-refractivity contribution in [1.29, 1.82) is 0 Å². The van der Waals surface area contributed by atoms with Gasteiger partial charge >= 0.3 is 6.18 Å². The van der Waals surface area contributed by atoms with Gasteiger partial charge in [-0.3, -0.25) is 9.69 Å². The number of ketones is 1. The van der Waals surface area contributed by atoms with E-state index >= 15 is 0 Å². The molecule has 0 radical (unpaired) electrons. The zero-order valence-electron chi connectivity index (χ0n) is 9.80. The van der Waals surface area contributed by atoms with Gasteiger partial charge in [0, 0.05) is 9.13 Å². The van der Waals surface area contributed by atoms with Crippen molar-refractivity contribution in [2.75, 3.05) is 19.6 Å². The van der Waals surface area contributed by atoms with Crippen LogP contribution in [0.25, 0.3) is 0 Å². The Kier molecular flexibility index (Phi) is 5.58. The first-order chi connectivity index (χ1) is 8.31. The smallest absolute Gasteiger partial charge is 0.293 e. The number of likely N-dealkylation sites (N-methyl/N-ethyl adjacent to an activating group) is 1. The lowest BCUT2D eigenvalue weighted by Crippen LogP contribution is -2.37. The lowest BCUT2D eigenvalue weighted by Gasteiger charge is -2.20. The van der Waals surface area contributed by atoms with Crippen molar-refractivity contribution >= 4 is 28.4 Å². The Morgan fingerprint density at radius 3 is 2.28 bits per heavy atom. The van der Waals surface area contributed by atoms with Crippen molar-refractivity contribution in [3.8, 4) is 0 Å². The number of benzene rings is 1. The number of Topliss-reactive ketones (excluding diaryl/α,β-unsaturated/α-hetero) is 1. The first-order valence-corrected chi connectivity index (χ1v) is 6.47. The first-order valence-electron chi connectivity index (χ1n) is 5.39. The third kappa shape index (κ3) is 5.34. The van der Waals surface area contributed by atoms with E-state index in [0.717, 1.165) is 8.47 Å². The molecule has 1 aromatic rings. The maximum atomic E-state index is 12.2. The fraction of sp³-hybridized carbons (Fsp3) is 0.417. The van der Waals surface area contributed by atoms with Gasteiger partial charge < -0.3 is 0 Å². The number of hydrogen-bond acceptors (Lipinski definition) is 2.